The van der Waals surface area contributed by atoms with E-state index in [9.17, 15) is 19.2 Å². The van der Waals surface area contributed by atoms with Crippen LogP contribution >= 0.6 is 11.3 Å². The summed E-state index contributed by atoms with van der Waals surface area (Å²) in [7, 11) is 1.80. The van der Waals surface area contributed by atoms with Gasteiger partial charge in [-0.25, -0.2) is 4.98 Å². The van der Waals surface area contributed by atoms with E-state index in [0.29, 0.717) is 23.0 Å². The first-order valence-corrected chi connectivity index (χ1v) is 18.7. The SMILES string of the molecule is CCCCN1CCCCC1C(=O)C[C@H](C(=O)N(C)[C@H](C[C@@H](OC(C)=O)c1nc(C(=O)NC2CCC(C)CC2)cs1)C(C)C)C(C)C. The third-order valence-corrected chi connectivity index (χ3v) is 11.0. The van der Waals surface area contributed by atoms with E-state index in [1.807, 2.05) is 27.7 Å². The average Bonchev–Trinajstić information content (AvgIpc) is 3.51. The fourth-order valence-corrected chi connectivity index (χ4v) is 7.91. The van der Waals surface area contributed by atoms with Crippen molar-refractivity contribution in [3.8, 4) is 0 Å². The summed E-state index contributed by atoms with van der Waals surface area (Å²) in [6, 6.07) is -0.220. The van der Waals surface area contributed by atoms with Crippen molar-refractivity contribution in [1.29, 1.82) is 0 Å². The van der Waals surface area contributed by atoms with Gasteiger partial charge in [-0.3, -0.25) is 24.1 Å². The Kier molecular flexibility index (Phi) is 15.1. The van der Waals surface area contributed by atoms with Gasteiger partial charge in [0.15, 0.2) is 11.9 Å². The summed E-state index contributed by atoms with van der Waals surface area (Å²) >= 11 is 1.30. The molecule has 1 aromatic heterocycles. The van der Waals surface area contributed by atoms with Crippen molar-refractivity contribution < 1.29 is 23.9 Å². The summed E-state index contributed by atoms with van der Waals surface area (Å²) in [5.41, 5.74) is 0.329. The molecule has 0 spiro atoms. The van der Waals surface area contributed by atoms with Crippen LogP contribution in [0.25, 0.3) is 0 Å². The maximum Gasteiger partial charge on any atom is 0.303 e. The monoisotopic (exact) mass is 660 g/mol. The lowest BCUT2D eigenvalue weighted by atomic mass is 9.84. The first kappa shape index (κ1) is 38.1. The van der Waals surface area contributed by atoms with Gasteiger partial charge in [-0.05, 0) is 75.8 Å². The highest BCUT2D eigenvalue weighted by atomic mass is 32.1. The van der Waals surface area contributed by atoms with Gasteiger partial charge < -0.3 is 15.0 Å². The van der Waals surface area contributed by atoms with Crippen LogP contribution < -0.4 is 5.32 Å². The molecule has 0 radical (unpaired) electrons. The third-order valence-electron chi connectivity index (χ3n) is 10.1. The molecule has 9 nitrogen and oxygen atoms in total. The summed E-state index contributed by atoms with van der Waals surface area (Å²) in [5, 5.41) is 5.40. The Morgan fingerprint density at radius 1 is 1.07 bits per heavy atom. The molecule has 2 amide bonds. The number of thiazole rings is 1. The fraction of sp³-hybridized carbons (Fsp3) is 0.806. The average molecular weight is 661 g/mol. The van der Waals surface area contributed by atoms with Gasteiger partial charge in [0.25, 0.3) is 5.91 Å². The number of hydrogen-bond donors (Lipinski definition) is 1. The standard InChI is InChI=1S/C36H60N4O5S/c1-9-10-18-40-19-12-11-13-30(40)32(42)20-28(23(2)3)36(44)39(8)31(24(4)5)21-33(45-26(7)41)35-38-29(22-46-35)34(43)37-27-16-14-25(6)15-17-27/h22-25,27-28,30-31,33H,9-21H2,1-8H3,(H,37,43)/t25?,27?,28-,30?,31+,33+/m0/s1. The van der Waals surface area contributed by atoms with E-state index in [-0.39, 0.29) is 54.0 Å². The van der Waals surface area contributed by atoms with Gasteiger partial charge >= 0.3 is 5.97 Å². The number of ketones is 1. The number of hydrogen-bond acceptors (Lipinski definition) is 8. The lowest BCUT2D eigenvalue weighted by Gasteiger charge is -2.38. The lowest BCUT2D eigenvalue weighted by molar-refractivity contribution is -0.149. The van der Waals surface area contributed by atoms with Crippen molar-refractivity contribution in [2.75, 3.05) is 20.1 Å². The quantitative estimate of drug-likeness (QED) is 0.194. The molecule has 2 fully saturated rings. The largest absolute Gasteiger partial charge is 0.455 e. The molecule has 4 atom stereocenters. The Morgan fingerprint density at radius 2 is 1.76 bits per heavy atom. The molecule has 3 rings (SSSR count). The van der Waals surface area contributed by atoms with E-state index >= 15 is 0 Å². The lowest BCUT2D eigenvalue weighted by Crippen LogP contribution is -2.48. The maximum absolute atomic E-state index is 14.1. The minimum atomic E-state index is -0.698. The Bertz CT molecular complexity index is 1150. The summed E-state index contributed by atoms with van der Waals surface area (Å²) in [5.74, 6) is -0.218. The summed E-state index contributed by atoms with van der Waals surface area (Å²) in [4.78, 5) is 61.8. The number of unbranched alkanes of at least 4 members (excludes halogenated alkanes) is 1. The van der Waals surface area contributed by atoms with Gasteiger partial charge in [-0.2, -0.15) is 0 Å². The van der Waals surface area contributed by atoms with E-state index < -0.39 is 18.0 Å². The normalized spacial score (nSPS) is 22.7. The number of carbonyl (C=O) groups is 4. The first-order chi connectivity index (χ1) is 21.8. The van der Waals surface area contributed by atoms with Gasteiger partial charge in [0.2, 0.25) is 5.91 Å². The van der Waals surface area contributed by atoms with Crippen LogP contribution in [-0.4, -0.2) is 76.6 Å². The molecule has 2 aliphatic rings. The van der Waals surface area contributed by atoms with Crippen molar-refractivity contribution >= 4 is 34.9 Å². The van der Waals surface area contributed by atoms with Crippen LogP contribution in [0.1, 0.15) is 141 Å². The highest BCUT2D eigenvalue weighted by Gasteiger charge is 2.37. The van der Waals surface area contributed by atoms with Crippen molar-refractivity contribution in [2.45, 2.75) is 143 Å². The molecule has 1 N–H and O–H groups in total. The molecule has 1 aliphatic heterocycles. The number of piperidine rings is 1. The van der Waals surface area contributed by atoms with E-state index in [0.717, 1.165) is 70.9 Å². The van der Waals surface area contributed by atoms with Gasteiger partial charge in [-0.15, -0.1) is 11.3 Å². The molecule has 1 saturated heterocycles. The van der Waals surface area contributed by atoms with Crippen molar-refractivity contribution in [3.63, 3.8) is 0 Å². The van der Waals surface area contributed by atoms with Crippen LogP contribution in [0.15, 0.2) is 5.38 Å². The number of carbonyl (C=O) groups excluding carboxylic acids is 4. The number of ether oxygens (including phenoxy) is 1. The highest BCUT2D eigenvalue weighted by molar-refractivity contribution is 7.09. The van der Waals surface area contributed by atoms with Crippen molar-refractivity contribution in [1.82, 2.24) is 20.1 Å². The van der Waals surface area contributed by atoms with Crippen LogP contribution in [0.3, 0.4) is 0 Å². The number of nitrogens with one attached hydrogen (secondary N) is 1. The molecule has 2 heterocycles. The van der Waals surface area contributed by atoms with Gasteiger partial charge in [0.1, 0.15) is 10.7 Å². The van der Waals surface area contributed by atoms with Crippen LogP contribution in [-0.2, 0) is 19.1 Å². The number of Topliss-reactive ketones (excluding diaryl/α,β-unsaturated/α-hetero) is 1. The molecule has 260 valence electrons. The zero-order valence-corrected chi connectivity index (χ0v) is 30.5. The van der Waals surface area contributed by atoms with Gasteiger partial charge in [0, 0.05) is 50.2 Å². The molecule has 1 aliphatic carbocycles. The maximum atomic E-state index is 14.1. The molecular weight excluding hydrogens is 600 g/mol. The Labute approximate surface area is 281 Å². The molecule has 1 aromatic rings. The molecule has 46 heavy (non-hydrogen) atoms. The zero-order valence-electron chi connectivity index (χ0n) is 29.7. The van der Waals surface area contributed by atoms with Crippen LogP contribution in [0, 0.1) is 23.7 Å². The number of esters is 1. The Balaban J connectivity index is 1.73. The molecule has 1 unspecified atom stereocenters. The highest BCUT2D eigenvalue weighted by Crippen LogP contribution is 2.33. The molecule has 10 heteroatoms. The van der Waals surface area contributed by atoms with E-state index in [1.54, 1.807) is 17.3 Å². The number of aromatic nitrogens is 1. The summed E-state index contributed by atoms with van der Waals surface area (Å²) in [6.07, 6.45) is 9.23. The fourth-order valence-electron chi connectivity index (χ4n) is 7.07. The number of likely N-dealkylation sites (tertiary alicyclic amines) is 1. The third kappa shape index (κ3) is 10.9. The zero-order chi connectivity index (χ0) is 34.0. The second-order valence-corrected chi connectivity index (χ2v) is 15.4. The second kappa shape index (κ2) is 18.3. The molecule has 0 aromatic carbocycles. The van der Waals surface area contributed by atoms with Crippen molar-refractivity contribution in [3.05, 3.63) is 16.1 Å². The molecule has 0 bridgehead atoms. The van der Waals surface area contributed by atoms with Crippen LogP contribution in [0.2, 0.25) is 0 Å². The van der Waals surface area contributed by atoms with Gasteiger partial charge in [0.05, 0.1) is 6.04 Å². The Morgan fingerprint density at radius 3 is 2.37 bits per heavy atom. The van der Waals surface area contributed by atoms with E-state index in [2.05, 4.69) is 29.0 Å². The van der Waals surface area contributed by atoms with Crippen LogP contribution in [0.4, 0.5) is 0 Å². The first-order valence-electron chi connectivity index (χ1n) is 17.8. The summed E-state index contributed by atoms with van der Waals surface area (Å²) in [6.45, 7) is 15.8. The predicted octanol–water partition coefficient (Wildman–Crippen LogP) is 6.81. The second-order valence-electron chi connectivity index (χ2n) is 14.5. The van der Waals surface area contributed by atoms with E-state index in [4.69, 9.17) is 4.74 Å². The van der Waals surface area contributed by atoms with Crippen molar-refractivity contribution in [2.24, 2.45) is 23.7 Å². The molecular formula is C36H60N4O5S. The summed E-state index contributed by atoms with van der Waals surface area (Å²) < 4.78 is 5.78. The number of amides is 2. The predicted molar refractivity (Wildman–Crippen MR) is 184 cm³/mol. The topological polar surface area (TPSA) is 109 Å². The minimum Gasteiger partial charge on any atom is -0.455 e. The molecule has 1 saturated carbocycles. The minimum absolute atomic E-state index is 0.00364. The smallest absolute Gasteiger partial charge is 0.303 e. The van der Waals surface area contributed by atoms with Gasteiger partial charge in [-0.1, -0.05) is 54.4 Å². The van der Waals surface area contributed by atoms with E-state index in [1.165, 1.54) is 18.3 Å². The number of rotatable bonds is 16. The number of nitrogens with zero attached hydrogens (tertiary/aromatic N) is 3. The Hall–Kier alpha value is -2.33. The van der Waals surface area contributed by atoms with Crippen LogP contribution in [0.5, 0.6) is 0 Å².